The van der Waals surface area contributed by atoms with E-state index in [2.05, 4.69) is 9.71 Å². The van der Waals surface area contributed by atoms with Gasteiger partial charge in [-0.15, -0.1) is 0 Å². The van der Waals surface area contributed by atoms with Gasteiger partial charge in [0.05, 0.1) is 0 Å². The van der Waals surface area contributed by atoms with Crippen molar-refractivity contribution in [1.29, 1.82) is 0 Å². The Morgan fingerprint density at radius 3 is 2.47 bits per heavy atom. The summed E-state index contributed by atoms with van der Waals surface area (Å²) in [6, 6.07) is 2.67. The molecule has 0 fully saturated rings. The number of nitrogens with zero attached hydrogens (tertiary/aromatic N) is 1. The minimum Gasteiger partial charge on any atom is -0.375 e. The van der Waals surface area contributed by atoms with Gasteiger partial charge in [0.25, 0.3) is 0 Å². The molecule has 0 saturated heterocycles. The number of pyridine rings is 1. The first-order valence-electron chi connectivity index (χ1n) is 4.09. The van der Waals surface area contributed by atoms with Crippen LogP contribution >= 0.6 is 11.6 Å². The minimum atomic E-state index is -3.76. The van der Waals surface area contributed by atoms with Gasteiger partial charge in [0.15, 0.2) is 0 Å². The van der Waals surface area contributed by atoms with E-state index in [0.717, 1.165) is 6.20 Å². The van der Waals surface area contributed by atoms with E-state index in [1.54, 1.807) is 0 Å². The molecule has 1 aromatic rings. The molecule has 2 N–H and O–H groups in total. The van der Waals surface area contributed by atoms with Gasteiger partial charge >= 0.3 is 0 Å². The number of aliphatic hydroxyl groups is 1. The fraction of sp³-hybridized carbons (Fsp3) is 0.375. The molecule has 15 heavy (non-hydrogen) atoms. The Bertz CT molecular complexity index is 436. The van der Waals surface area contributed by atoms with Crippen molar-refractivity contribution in [3.05, 3.63) is 23.5 Å². The Morgan fingerprint density at radius 1 is 1.47 bits per heavy atom. The van der Waals surface area contributed by atoms with Crippen LogP contribution in [-0.2, 0) is 10.0 Å². The normalized spacial score (nSPS) is 12.8. The molecule has 84 valence electrons. The van der Waals surface area contributed by atoms with Crippen LogP contribution in [0.3, 0.4) is 0 Å². The monoisotopic (exact) mass is 250 g/mol. The average molecular weight is 251 g/mol. The molecule has 0 aliphatic carbocycles. The van der Waals surface area contributed by atoms with Crippen molar-refractivity contribution in [1.82, 2.24) is 9.71 Å². The summed E-state index contributed by atoms with van der Waals surface area (Å²) in [5.74, 6) is 0. The van der Waals surface area contributed by atoms with Crippen LogP contribution in [0.25, 0.3) is 0 Å². The number of nitrogens with one attached hydrogen (secondary N) is 1. The van der Waals surface area contributed by atoms with E-state index in [1.165, 1.54) is 26.0 Å². The maximum Gasteiger partial charge on any atom is 0.244 e. The van der Waals surface area contributed by atoms with E-state index in [4.69, 9.17) is 11.6 Å². The third-order valence-electron chi connectivity index (χ3n) is 1.39. The molecule has 0 saturated carbocycles. The lowest BCUT2D eigenvalue weighted by Gasteiger charge is -2.18. The third kappa shape index (κ3) is 3.75. The molecule has 0 amide bonds. The van der Waals surface area contributed by atoms with Crippen LogP contribution in [0.5, 0.6) is 0 Å². The van der Waals surface area contributed by atoms with E-state index >= 15 is 0 Å². The van der Waals surface area contributed by atoms with Crippen LogP contribution in [0, 0.1) is 0 Å². The first-order valence-corrected chi connectivity index (χ1v) is 5.95. The van der Waals surface area contributed by atoms with Gasteiger partial charge < -0.3 is 5.11 Å². The molecule has 1 rings (SSSR count). The van der Waals surface area contributed by atoms with Crippen molar-refractivity contribution in [2.75, 3.05) is 0 Å². The maximum absolute atomic E-state index is 11.6. The van der Waals surface area contributed by atoms with Crippen LogP contribution < -0.4 is 4.72 Å². The molecule has 0 unspecified atom stereocenters. The van der Waals surface area contributed by atoms with Gasteiger partial charge in [-0.25, -0.2) is 13.4 Å². The van der Waals surface area contributed by atoms with E-state index in [1.807, 2.05) is 0 Å². The van der Waals surface area contributed by atoms with Crippen molar-refractivity contribution in [2.45, 2.75) is 24.5 Å². The molecule has 0 radical (unpaired) electrons. The Morgan fingerprint density at radius 2 is 2.07 bits per heavy atom. The fourth-order valence-electron chi connectivity index (χ4n) is 0.909. The minimum absolute atomic E-state index is 0.0472. The second-order valence-electron chi connectivity index (χ2n) is 3.48. The molecular formula is C8H11ClN2O3S. The maximum atomic E-state index is 11.6. The second kappa shape index (κ2) is 4.05. The quantitative estimate of drug-likeness (QED) is 0.613. The van der Waals surface area contributed by atoms with Gasteiger partial charge in [0.2, 0.25) is 10.0 Å². The van der Waals surface area contributed by atoms with E-state index in [9.17, 15) is 13.5 Å². The Kier molecular flexibility index (Phi) is 3.34. The lowest BCUT2D eigenvalue weighted by Crippen LogP contribution is -2.42. The van der Waals surface area contributed by atoms with Crippen molar-refractivity contribution in [3.8, 4) is 0 Å². The zero-order valence-electron chi connectivity index (χ0n) is 8.23. The molecule has 0 spiro atoms. The smallest absolute Gasteiger partial charge is 0.244 e. The summed E-state index contributed by atoms with van der Waals surface area (Å²) in [5.41, 5.74) is -1.52. The highest BCUT2D eigenvalue weighted by Gasteiger charge is 2.23. The van der Waals surface area contributed by atoms with Crippen LogP contribution in [0.2, 0.25) is 5.15 Å². The van der Waals surface area contributed by atoms with Crippen molar-refractivity contribution in [3.63, 3.8) is 0 Å². The highest BCUT2D eigenvalue weighted by Crippen LogP contribution is 2.12. The lowest BCUT2D eigenvalue weighted by atomic mass is 10.4. The number of sulfonamides is 1. The topological polar surface area (TPSA) is 79.3 Å². The zero-order valence-corrected chi connectivity index (χ0v) is 9.80. The third-order valence-corrected chi connectivity index (χ3v) is 3.25. The summed E-state index contributed by atoms with van der Waals surface area (Å²) in [6.07, 6.45) is 1.12. The SMILES string of the molecule is CC(C)(O)NS(=O)(=O)c1ccc(Cl)nc1. The average Bonchev–Trinajstić information content (AvgIpc) is 2.00. The van der Waals surface area contributed by atoms with Crippen LogP contribution in [-0.4, -0.2) is 24.2 Å². The molecule has 0 aliphatic rings. The fourth-order valence-corrected chi connectivity index (χ4v) is 2.23. The molecule has 0 atom stereocenters. The summed E-state index contributed by atoms with van der Waals surface area (Å²) < 4.78 is 25.3. The summed E-state index contributed by atoms with van der Waals surface area (Å²) >= 11 is 5.52. The standard InChI is InChI=1S/C8H11ClN2O3S/c1-8(2,12)11-15(13,14)6-3-4-7(9)10-5-6/h3-5,11-12H,1-2H3. The van der Waals surface area contributed by atoms with Gasteiger partial charge in [0, 0.05) is 6.20 Å². The predicted octanol–water partition coefficient (Wildman–Crippen LogP) is 0.742. The predicted molar refractivity (Wildman–Crippen MR) is 55.9 cm³/mol. The molecule has 7 heteroatoms. The van der Waals surface area contributed by atoms with E-state index < -0.39 is 15.7 Å². The zero-order chi connectivity index (χ0) is 11.7. The molecular weight excluding hydrogens is 240 g/mol. The van der Waals surface area contributed by atoms with Crippen LogP contribution in [0.1, 0.15) is 13.8 Å². The second-order valence-corrected chi connectivity index (χ2v) is 5.55. The highest BCUT2D eigenvalue weighted by atomic mass is 35.5. The lowest BCUT2D eigenvalue weighted by molar-refractivity contribution is 0.0689. The molecule has 0 aromatic carbocycles. The van der Waals surface area contributed by atoms with Gasteiger partial charge in [-0.05, 0) is 26.0 Å². The first-order chi connectivity index (χ1) is 6.71. The van der Waals surface area contributed by atoms with Crippen molar-refractivity contribution < 1.29 is 13.5 Å². The molecule has 1 heterocycles. The summed E-state index contributed by atoms with van der Waals surface area (Å²) in [4.78, 5) is 3.59. The highest BCUT2D eigenvalue weighted by molar-refractivity contribution is 7.89. The van der Waals surface area contributed by atoms with Crippen LogP contribution in [0.15, 0.2) is 23.2 Å². The van der Waals surface area contributed by atoms with Gasteiger partial charge in [-0.2, -0.15) is 4.72 Å². The number of aromatic nitrogens is 1. The molecule has 0 bridgehead atoms. The largest absolute Gasteiger partial charge is 0.375 e. The number of halogens is 1. The summed E-state index contributed by atoms with van der Waals surface area (Å²) in [7, 11) is -3.76. The number of hydrogen-bond acceptors (Lipinski definition) is 4. The van der Waals surface area contributed by atoms with Crippen LogP contribution in [0.4, 0.5) is 0 Å². The van der Waals surface area contributed by atoms with Gasteiger partial charge in [-0.1, -0.05) is 11.6 Å². The summed E-state index contributed by atoms with van der Waals surface area (Å²) in [5, 5.41) is 9.54. The van der Waals surface area contributed by atoms with Gasteiger partial charge in [0.1, 0.15) is 15.8 Å². The Labute approximate surface area is 93.2 Å². The van der Waals surface area contributed by atoms with E-state index in [-0.39, 0.29) is 10.0 Å². The Hall–Kier alpha value is -0.690. The van der Waals surface area contributed by atoms with E-state index in [0.29, 0.717) is 0 Å². The summed E-state index contributed by atoms with van der Waals surface area (Å²) in [6.45, 7) is 2.65. The van der Waals surface area contributed by atoms with Crippen molar-refractivity contribution in [2.24, 2.45) is 0 Å². The first kappa shape index (κ1) is 12.4. The molecule has 1 aromatic heterocycles. The molecule has 5 nitrogen and oxygen atoms in total. The molecule has 0 aliphatic heterocycles. The number of rotatable bonds is 3. The Balaban J connectivity index is 3.02. The van der Waals surface area contributed by atoms with Crippen molar-refractivity contribution >= 4 is 21.6 Å². The van der Waals surface area contributed by atoms with Gasteiger partial charge in [-0.3, -0.25) is 0 Å². The number of hydrogen-bond donors (Lipinski definition) is 2.